The van der Waals surface area contributed by atoms with Crippen molar-refractivity contribution >= 4 is 12.2 Å². The highest BCUT2D eigenvalue weighted by molar-refractivity contribution is 5.78. The molecule has 0 saturated heterocycles. The summed E-state index contributed by atoms with van der Waals surface area (Å²) in [5, 5.41) is 2.67. The fraction of sp³-hybridized carbons (Fsp3) is 0.867. The second-order valence-corrected chi connectivity index (χ2v) is 6.91. The average Bonchev–Trinajstić information content (AvgIpc) is 2.23. The van der Waals surface area contributed by atoms with Gasteiger partial charge in [-0.3, -0.25) is 4.79 Å². The summed E-state index contributed by atoms with van der Waals surface area (Å²) in [6.07, 6.45) is 7.74. The predicted molar refractivity (Wildman–Crippen MR) is 71.0 cm³/mol. The van der Waals surface area contributed by atoms with E-state index in [4.69, 9.17) is 0 Å². The number of rotatable bonds is 4. The fourth-order valence-electron chi connectivity index (χ4n) is 4.46. The van der Waals surface area contributed by atoms with Gasteiger partial charge in [0.1, 0.15) is 6.29 Å². The van der Waals surface area contributed by atoms with Crippen LogP contribution in [0.1, 0.15) is 52.4 Å². The van der Waals surface area contributed by atoms with Crippen molar-refractivity contribution < 1.29 is 9.59 Å². The first-order chi connectivity index (χ1) is 8.50. The molecule has 2 unspecified atom stereocenters. The van der Waals surface area contributed by atoms with Crippen LogP contribution in [0, 0.1) is 23.2 Å². The van der Waals surface area contributed by atoms with Gasteiger partial charge in [0.2, 0.25) is 5.91 Å². The maximum Gasteiger partial charge on any atom is 0.220 e. The lowest BCUT2D eigenvalue weighted by Gasteiger charge is -2.47. The van der Waals surface area contributed by atoms with E-state index in [0.29, 0.717) is 6.42 Å². The summed E-state index contributed by atoms with van der Waals surface area (Å²) in [5.74, 6) is 2.53. The molecule has 2 atom stereocenters. The van der Waals surface area contributed by atoms with Gasteiger partial charge >= 0.3 is 0 Å². The van der Waals surface area contributed by atoms with Crippen LogP contribution in [0.5, 0.6) is 0 Å². The van der Waals surface area contributed by atoms with Crippen LogP contribution in [-0.2, 0) is 9.59 Å². The van der Waals surface area contributed by atoms with E-state index in [1.54, 1.807) is 0 Å². The van der Waals surface area contributed by atoms with Gasteiger partial charge in [0.15, 0.2) is 0 Å². The highest BCUT2D eigenvalue weighted by Gasteiger charge is 2.41. The zero-order valence-electron chi connectivity index (χ0n) is 11.6. The van der Waals surface area contributed by atoms with E-state index >= 15 is 0 Å². The molecule has 2 fully saturated rings. The number of hydrogen-bond acceptors (Lipinski definition) is 2. The summed E-state index contributed by atoms with van der Waals surface area (Å²) in [7, 11) is 0. The topological polar surface area (TPSA) is 46.2 Å². The SMILES string of the molecule is CC1CC2CC(C1)CC(C)(CC(=O)NCC=O)C2. The molecule has 0 aromatic heterocycles. The molecule has 3 nitrogen and oxygen atoms in total. The average molecular weight is 251 g/mol. The molecule has 18 heavy (non-hydrogen) atoms. The number of hydrogen-bond donors (Lipinski definition) is 1. The van der Waals surface area contributed by atoms with Crippen molar-refractivity contribution in [2.75, 3.05) is 6.54 Å². The molecule has 0 aliphatic heterocycles. The standard InChI is InChI=1S/C15H25NO2/c1-11-5-12-7-13(6-11)9-15(2,8-12)10-14(18)16-3-4-17/h4,11-13H,3,5-10H2,1-2H3,(H,16,18). The number of fused-ring (bicyclic) bond motifs is 2. The molecule has 1 N–H and O–H groups in total. The van der Waals surface area contributed by atoms with Gasteiger partial charge in [-0.2, -0.15) is 0 Å². The van der Waals surface area contributed by atoms with Crippen LogP contribution in [0.25, 0.3) is 0 Å². The highest BCUT2D eigenvalue weighted by Crippen LogP contribution is 2.51. The van der Waals surface area contributed by atoms with Crippen LogP contribution in [0.15, 0.2) is 0 Å². The maximum absolute atomic E-state index is 11.8. The summed E-state index contributed by atoms with van der Waals surface area (Å²) >= 11 is 0. The van der Waals surface area contributed by atoms with E-state index in [2.05, 4.69) is 19.2 Å². The van der Waals surface area contributed by atoms with Gasteiger partial charge < -0.3 is 10.1 Å². The van der Waals surface area contributed by atoms with Gasteiger partial charge in [0, 0.05) is 6.42 Å². The number of amides is 1. The van der Waals surface area contributed by atoms with Crippen molar-refractivity contribution in [3.63, 3.8) is 0 Å². The lowest BCUT2D eigenvalue weighted by molar-refractivity contribution is -0.125. The lowest BCUT2D eigenvalue weighted by atomic mass is 9.58. The van der Waals surface area contributed by atoms with Crippen molar-refractivity contribution in [2.24, 2.45) is 23.2 Å². The van der Waals surface area contributed by atoms with Gasteiger partial charge in [-0.1, -0.05) is 13.8 Å². The molecular formula is C15H25NO2. The Hall–Kier alpha value is -0.860. The van der Waals surface area contributed by atoms with E-state index in [1.807, 2.05) is 0 Å². The smallest absolute Gasteiger partial charge is 0.220 e. The number of carbonyl (C=O) groups is 2. The minimum absolute atomic E-state index is 0.0395. The molecule has 0 aromatic rings. The van der Waals surface area contributed by atoms with Crippen molar-refractivity contribution in [3.8, 4) is 0 Å². The number of carbonyl (C=O) groups excluding carboxylic acids is 2. The zero-order valence-corrected chi connectivity index (χ0v) is 11.6. The molecule has 0 aromatic carbocycles. The zero-order chi connectivity index (χ0) is 13.2. The fourth-order valence-corrected chi connectivity index (χ4v) is 4.46. The third-order valence-electron chi connectivity index (χ3n) is 4.67. The van der Waals surface area contributed by atoms with E-state index in [0.717, 1.165) is 24.0 Å². The second kappa shape index (κ2) is 5.41. The van der Waals surface area contributed by atoms with Crippen molar-refractivity contribution in [1.82, 2.24) is 5.32 Å². The summed E-state index contributed by atoms with van der Waals surface area (Å²) in [6.45, 7) is 4.76. The monoisotopic (exact) mass is 251 g/mol. The Morgan fingerprint density at radius 1 is 1.28 bits per heavy atom. The Kier molecular flexibility index (Phi) is 4.08. The van der Waals surface area contributed by atoms with E-state index in [-0.39, 0.29) is 17.9 Å². The van der Waals surface area contributed by atoms with Crippen LogP contribution in [0.2, 0.25) is 0 Å². The summed E-state index contributed by atoms with van der Waals surface area (Å²) in [4.78, 5) is 22.1. The Labute approximate surface area is 110 Å². The molecule has 0 radical (unpaired) electrons. The van der Waals surface area contributed by atoms with Crippen molar-refractivity contribution in [2.45, 2.75) is 52.4 Å². The van der Waals surface area contributed by atoms with Crippen LogP contribution < -0.4 is 5.32 Å². The van der Waals surface area contributed by atoms with Crippen LogP contribution in [0.3, 0.4) is 0 Å². The van der Waals surface area contributed by atoms with Gasteiger partial charge in [0.05, 0.1) is 6.54 Å². The van der Waals surface area contributed by atoms with Crippen LogP contribution in [-0.4, -0.2) is 18.7 Å². The first-order valence-corrected chi connectivity index (χ1v) is 7.21. The summed E-state index contributed by atoms with van der Waals surface area (Å²) in [5.41, 5.74) is 0.153. The molecule has 2 saturated carbocycles. The Bertz CT molecular complexity index is 308. The maximum atomic E-state index is 11.8. The van der Waals surface area contributed by atoms with Gasteiger partial charge in [-0.05, 0) is 55.3 Å². The third-order valence-corrected chi connectivity index (χ3v) is 4.67. The molecule has 2 rings (SSSR count). The van der Waals surface area contributed by atoms with E-state index < -0.39 is 0 Å². The van der Waals surface area contributed by atoms with Crippen LogP contribution >= 0.6 is 0 Å². The first-order valence-electron chi connectivity index (χ1n) is 7.21. The summed E-state index contributed by atoms with van der Waals surface area (Å²) < 4.78 is 0. The molecule has 0 heterocycles. The van der Waals surface area contributed by atoms with Crippen molar-refractivity contribution in [3.05, 3.63) is 0 Å². The van der Waals surface area contributed by atoms with Gasteiger partial charge in [-0.25, -0.2) is 0 Å². The molecule has 2 aliphatic carbocycles. The molecule has 3 heteroatoms. The second-order valence-electron chi connectivity index (χ2n) is 6.91. The molecule has 102 valence electrons. The van der Waals surface area contributed by atoms with Gasteiger partial charge in [0.25, 0.3) is 0 Å². The molecule has 2 aliphatic rings. The number of nitrogens with one attached hydrogen (secondary N) is 1. The molecule has 2 bridgehead atoms. The van der Waals surface area contributed by atoms with Crippen LogP contribution in [0.4, 0.5) is 0 Å². The molecule has 1 amide bonds. The van der Waals surface area contributed by atoms with E-state index in [1.165, 1.54) is 32.1 Å². The number of aldehydes is 1. The molecular weight excluding hydrogens is 226 g/mol. The molecule has 0 spiro atoms. The minimum atomic E-state index is 0.0395. The normalized spacial score (nSPS) is 39.1. The quantitative estimate of drug-likeness (QED) is 0.780. The summed E-state index contributed by atoms with van der Waals surface area (Å²) in [6, 6.07) is 0. The largest absolute Gasteiger partial charge is 0.349 e. The lowest BCUT2D eigenvalue weighted by Crippen LogP contribution is -2.39. The van der Waals surface area contributed by atoms with Gasteiger partial charge in [-0.15, -0.1) is 0 Å². The van der Waals surface area contributed by atoms with Crippen molar-refractivity contribution in [1.29, 1.82) is 0 Å². The first kappa shape index (κ1) is 13.6. The third kappa shape index (κ3) is 3.33. The Morgan fingerprint density at radius 3 is 2.44 bits per heavy atom. The Morgan fingerprint density at radius 2 is 1.89 bits per heavy atom. The van der Waals surface area contributed by atoms with E-state index in [9.17, 15) is 9.59 Å². The predicted octanol–water partition coefficient (Wildman–Crippen LogP) is 2.54. The Balaban J connectivity index is 1.91. The minimum Gasteiger partial charge on any atom is -0.349 e. The highest BCUT2D eigenvalue weighted by atomic mass is 16.2.